The third kappa shape index (κ3) is 5.75. The van der Waals surface area contributed by atoms with E-state index in [1.54, 1.807) is 6.92 Å². The average molecular weight is 278 g/mol. The quantitative estimate of drug-likeness (QED) is 0.615. The van der Waals surface area contributed by atoms with Crippen molar-refractivity contribution in [3.63, 3.8) is 0 Å². The van der Waals surface area contributed by atoms with Gasteiger partial charge in [-0.2, -0.15) is 0 Å². The number of carbonyl (C=O) groups is 1. The third-order valence-electron chi connectivity index (χ3n) is 1.81. The molecule has 0 spiro atoms. The number of aromatic nitrogens is 1. The van der Waals surface area contributed by atoms with E-state index in [0.717, 1.165) is 0 Å². The first kappa shape index (κ1) is 14.6. The first-order valence-corrected chi connectivity index (χ1v) is 6.73. The number of nitrogens with one attached hydrogen (secondary N) is 1. The molecule has 0 aliphatic carbocycles. The molecule has 18 heavy (non-hydrogen) atoms. The second-order valence-corrected chi connectivity index (χ2v) is 5.34. The lowest BCUT2D eigenvalue weighted by atomic mass is 10.4. The van der Waals surface area contributed by atoms with Crippen LogP contribution in [0.4, 0.5) is 0 Å². The lowest BCUT2D eigenvalue weighted by Crippen LogP contribution is -2.29. The highest BCUT2D eigenvalue weighted by Crippen LogP contribution is 2.05. The number of sulfonamides is 1. The molecule has 9 heteroatoms. The Labute approximate surface area is 104 Å². The smallest absolute Gasteiger partial charge is 0.329 e. The molecule has 8 nitrogen and oxygen atoms in total. The zero-order valence-corrected chi connectivity index (χ0v) is 10.6. The molecule has 0 aliphatic rings. The topological polar surface area (TPSA) is 119 Å². The SMILES string of the molecule is Cc1cc(CS(=O)(=O)NCCOCC(=O)O)no1. The molecule has 0 saturated carbocycles. The van der Waals surface area contributed by atoms with Gasteiger partial charge < -0.3 is 14.4 Å². The van der Waals surface area contributed by atoms with Crippen LogP contribution in [0.3, 0.4) is 0 Å². The lowest BCUT2D eigenvalue weighted by molar-refractivity contribution is -0.142. The van der Waals surface area contributed by atoms with E-state index in [1.807, 2.05) is 0 Å². The summed E-state index contributed by atoms with van der Waals surface area (Å²) in [4.78, 5) is 10.1. The van der Waals surface area contributed by atoms with Crippen molar-refractivity contribution < 1.29 is 27.6 Å². The Morgan fingerprint density at radius 2 is 2.33 bits per heavy atom. The van der Waals surface area contributed by atoms with Gasteiger partial charge in [-0.15, -0.1) is 0 Å². The van der Waals surface area contributed by atoms with Gasteiger partial charge in [0, 0.05) is 12.6 Å². The second-order valence-electron chi connectivity index (χ2n) is 3.53. The van der Waals surface area contributed by atoms with Crippen LogP contribution in [0.15, 0.2) is 10.6 Å². The molecule has 0 aromatic carbocycles. The zero-order chi connectivity index (χ0) is 13.6. The molecule has 0 radical (unpaired) electrons. The number of ether oxygens (including phenoxy) is 1. The summed E-state index contributed by atoms with van der Waals surface area (Å²) in [5, 5.41) is 11.9. The molecule has 102 valence electrons. The summed E-state index contributed by atoms with van der Waals surface area (Å²) >= 11 is 0. The number of nitrogens with zero attached hydrogens (tertiary/aromatic N) is 1. The minimum Gasteiger partial charge on any atom is -0.480 e. The standard InChI is InChI=1S/C9H14N2O6S/c1-7-4-8(11-17-7)6-18(14,15)10-2-3-16-5-9(12)13/h4,10H,2-3,5-6H2,1H3,(H,12,13). The van der Waals surface area contributed by atoms with Crippen LogP contribution in [0.5, 0.6) is 0 Å². The van der Waals surface area contributed by atoms with Crippen molar-refractivity contribution >= 4 is 16.0 Å². The van der Waals surface area contributed by atoms with Crippen LogP contribution >= 0.6 is 0 Å². The Morgan fingerprint density at radius 3 is 2.89 bits per heavy atom. The molecule has 0 atom stereocenters. The maximum Gasteiger partial charge on any atom is 0.329 e. The molecule has 2 N–H and O–H groups in total. The number of hydrogen-bond acceptors (Lipinski definition) is 6. The van der Waals surface area contributed by atoms with Crippen molar-refractivity contribution in [3.8, 4) is 0 Å². The van der Waals surface area contributed by atoms with E-state index in [0.29, 0.717) is 11.5 Å². The van der Waals surface area contributed by atoms with Gasteiger partial charge in [-0.3, -0.25) is 0 Å². The van der Waals surface area contributed by atoms with Crippen LogP contribution in [0, 0.1) is 6.92 Å². The van der Waals surface area contributed by atoms with Crippen molar-refractivity contribution in [2.45, 2.75) is 12.7 Å². The van der Waals surface area contributed by atoms with E-state index in [4.69, 9.17) is 9.63 Å². The molecule has 0 amide bonds. The summed E-state index contributed by atoms with van der Waals surface area (Å²) in [6.07, 6.45) is 0. The largest absolute Gasteiger partial charge is 0.480 e. The van der Waals surface area contributed by atoms with Crippen LogP contribution in [-0.4, -0.2) is 44.4 Å². The molecule has 1 aromatic heterocycles. The van der Waals surface area contributed by atoms with Crippen molar-refractivity contribution in [3.05, 3.63) is 17.5 Å². The number of aliphatic carboxylic acids is 1. The van der Waals surface area contributed by atoms with Crippen molar-refractivity contribution in [2.24, 2.45) is 0 Å². The van der Waals surface area contributed by atoms with Crippen molar-refractivity contribution in [1.29, 1.82) is 0 Å². The predicted molar refractivity (Wildman–Crippen MR) is 60.3 cm³/mol. The molecule has 1 aromatic rings. The van der Waals surface area contributed by atoms with Gasteiger partial charge in [0.25, 0.3) is 0 Å². The maximum atomic E-state index is 11.5. The molecule has 1 heterocycles. The minimum absolute atomic E-state index is 0.00640. The molecule has 0 saturated heterocycles. The van der Waals surface area contributed by atoms with E-state index < -0.39 is 22.6 Å². The zero-order valence-electron chi connectivity index (χ0n) is 9.75. The predicted octanol–water partition coefficient (Wildman–Crippen LogP) is -0.496. The first-order chi connectivity index (χ1) is 8.39. The molecule has 0 bridgehead atoms. The van der Waals surface area contributed by atoms with Crippen molar-refractivity contribution in [1.82, 2.24) is 9.88 Å². The van der Waals surface area contributed by atoms with E-state index in [9.17, 15) is 13.2 Å². The third-order valence-corrected chi connectivity index (χ3v) is 3.13. The number of hydrogen-bond donors (Lipinski definition) is 2. The van der Waals surface area contributed by atoms with Crippen LogP contribution in [0.25, 0.3) is 0 Å². The van der Waals surface area contributed by atoms with Crippen LogP contribution in [0.2, 0.25) is 0 Å². The summed E-state index contributed by atoms with van der Waals surface area (Å²) in [6, 6.07) is 1.53. The molecular weight excluding hydrogens is 264 g/mol. The fraction of sp³-hybridized carbons (Fsp3) is 0.556. The summed E-state index contributed by atoms with van der Waals surface area (Å²) < 4.78 is 34.8. The van der Waals surface area contributed by atoms with Gasteiger partial charge in [0.05, 0.1) is 6.61 Å². The number of carboxylic acids is 1. The Kier molecular flexibility index (Phi) is 5.25. The van der Waals surface area contributed by atoms with Crippen LogP contribution in [0.1, 0.15) is 11.5 Å². The van der Waals surface area contributed by atoms with Crippen LogP contribution < -0.4 is 4.72 Å². The summed E-state index contributed by atoms with van der Waals surface area (Å²) in [5.74, 6) is -0.857. The second kappa shape index (κ2) is 6.47. The monoisotopic (exact) mass is 278 g/mol. The summed E-state index contributed by atoms with van der Waals surface area (Å²) in [7, 11) is -3.52. The number of aryl methyl sites for hydroxylation is 1. The van der Waals surface area contributed by atoms with Gasteiger partial charge in [0.2, 0.25) is 10.0 Å². The Bertz CT molecular complexity index is 495. The fourth-order valence-corrected chi connectivity index (χ4v) is 2.18. The highest BCUT2D eigenvalue weighted by atomic mass is 32.2. The first-order valence-electron chi connectivity index (χ1n) is 5.08. The normalized spacial score (nSPS) is 11.6. The van der Waals surface area contributed by atoms with E-state index in [-0.39, 0.29) is 18.9 Å². The summed E-state index contributed by atoms with van der Waals surface area (Å²) in [5.41, 5.74) is 0.312. The highest BCUT2D eigenvalue weighted by molar-refractivity contribution is 7.88. The van der Waals surface area contributed by atoms with Crippen molar-refractivity contribution in [2.75, 3.05) is 19.8 Å². The fourth-order valence-electron chi connectivity index (χ4n) is 1.16. The molecule has 1 rings (SSSR count). The van der Waals surface area contributed by atoms with Gasteiger partial charge in [-0.1, -0.05) is 5.16 Å². The minimum atomic E-state index is -3.52. The number of rotatable bonds is 8. The van der Waals surface area contributed by atoms with Crippen LogP contribution in [-0.2, 0) is 25.3 Å². The van der Waals surface area contributed by atoms with Gasteiger partial charge in [0.15, 0.2) is 0 Å². The molecule has 0 unspecified atom stereocenters. The Balaban J connectivity index is 2.30. The van der Waals surface area contributed by atoms with Gasteiger partial charge in [-0.25, -0.2) is 17.9 Å². The Hall–Kier alpha value is -1.45. The summed E-state index contributed by atoms with van der Waals surface area (Å²) in [6.45, 7) is 1.20. The highest BCUT2D eigenvalue weighted by Gasteiger charge is 2.13. The maximum absolute atomic E-state index is 11.5. The molecular formula is C9H14N2O6S. The number of carboxylic acid groups (broad SMARTS) is 1. The lowest BCUT2D eigenvalue weighted by Gasteiger charge is -2.04. The molecule has 0 aliphatic heterocycles. The van der Waals surface area contributed by atoms with Gasteiger partial charge >= 0.3 is 5.97 Å². The van der Waals surface area contributed by atoms with E-state index in [1.165, 1.54) is 6.07 Å². The molecule has 0 fully saturated rings. The Morgan fingerprint density at radius 1 is 1.61 bits per heavy atom. The van der Waals surface area contributed by atoms with E-state index >= 15 is 0 Å². The van der Waals surface area contributed by atoms with E-state index in [2.05, 4.69) is 14.6 Å². The van der Waals surface area contributed by atoms with Gasteiger partial charge in [-0.05, 0) is 6.92 Å². The van der Waals surface area contributed by atoms with Gasteiger partial charge in [0.1, 0.15) is 23.8 Å². The average Bonchev–Trinajstić information content (AvgIpc) is 2.61.